The summed E-state index contributed by atoms with van der Waals surface area (Å²) < 4.78 is 23.8. The average Bonchev–Trinajstić information content (AvgIpc) is 3.16. The summed E-state index contributed by atoms with van der Waals surface area (Å²) in [6, 6.07) is 0. The zero-order chi connectivity index (χ0) is 30.2. The Labute approximate surface area is 247 Å². The fraction of sp³-hybridized carbons (Fsp3) is 0.935. The molecule has 4 aliphatic carbocycles. The van der Waals surface area contributed by atoms with Crippen molar-refractivity contribution in [2.45, 2.75) is 139 Å². The monoisotopic (exact) mass is 598 g/mol. The minimum absolute atomic E-state index is 0.0827. The third-order valence-corrected chi connectivity index (χ3v) is 12.4. The molecule has 16 atom stereocenters. The second-order valence-electron chi connectivity index (χ2n) is 14.5. The molecule has 4 saturated carbocycles. The molecule has 1 spiro atoms. The van der Waals surface area contributed by atoms with Crippen molar-refractivity contribution in [3.63, 3.8) is 0 Å². The number of hydrogen-bond donors (Lipinski definition) is 7. The van der Waals surface area contributed by atoms with Gasteiger partial charge in [-0.05, 0) is 79.1 Å². The number of rotatable bonds is 6. The number of aliphatic hydroxyl groups excluding tert-OH is 7. The molecule has 2 saturated heterocycles. The standard InChI is InChI=1S/C31H50O11/c1-15-5-4-8-29(3)17(15)6-9-30-11-16(2)31(14-30,10-7-20(29)30)42-28-25(38)26(22(35)19(13-33)40-28)41-27-24(37)23(36)21(34)18(12-32)39-27/h15,17-28,32-38H,2,4-14H2,1,3H3/t15-,17?,18?,19?,20-,21?,22?,23?,24?,25?,26?,27?,28?,29+,30?,31-/m0/s1. The summed E-state index contributed by atoms with van der Waals surface area (Å²) in [5.74, 6) is 2.05. The van der Waals surface area contributed by atoms with E-state index in [4.69, 9.17) is 18.9 Å². The molecule has 12 unspecified atom stereocenters. The molecule has 0 amide bonds. The van der Waals surface area contributed by atoms with Crippen LogP contribution in [0.15, 0.2) is 12.2 Å². The first-order chi connectivity index (χ1) is 19.9. The highest BCUT2D eigenvalue weighted by Crippen LogP contribution is 2.72. The van der Waals surface area contributed by atoms with Gasteiger partial charge in [-0.2, -0.15) is 0 Å². The van der Waals surface area contributed by atoms with Gasteiger partial charge in [-0.25, -0.2) is 0 Å². The third kappa shape index (κ3) is 4.74. The normalized spacial score (nSPS) is 56.1. The highest BCUT2D eigenvalue weighted by atomic mass is 16.7. The van der Waals surface area contributed by atoms with Crippen LogP contribution in [0, 0.1) is 28.6 Å². The van der Waals surface area contributed by atoms with Crippen LogP contribution in [0.25, 0.3) is 0 Å². The van der Waals surface area contributed by atoms with Crippen molar-refractivity contribution in [2.24, 2.45) is 28.6 Å². The van der Waals surface area contributed by atoms with Gasteiger partial charge < -0.3 is 54.7 Å². The van der Waals surface area contributed by atoms with Crippen LogP contribution in [0.1, 0.15) is 71.6 Å². The van der Waals surface area contributed by atoms with Crippen LogP contribution in [-0.4, -0.2) is 116 Å². The van der Waals surface area contributed by atoms with E-state index >= 15 is 0 Å². The van der Waals surface area contributed by atoms with Crippen LogP contribution < -0.4 is 0 Å². The number of ether oxygens (including phenoxy) is 4. The van der Waals surface area contributed by atoms with E-state index in [0.717, 1.165) is 49.5 Å². The van der Waals surface area contributed by atoms with E-state index in [1.165, 1.54) is 25.7 Å². The maximum atomic E-state index is 11.4. The molecule has 6 rings (SSSR count). The van der Waals surface area contributed by atoms with E-state index < -0.39 is 80.2 Å². The predicted octanol–water partition coefficient (Wildman–Crippen LogP) is 0.349. The van der Waals surface area contributed by atoms with Crippen LogP contribution in [0.2, 0.25) is 0 Å². The SMILES string of the molecule is C=C1CC23CCC4[C@@H](C)CCC[C@@]4(C)[C@@H]2CC[C@]1(OC1OC(CO)C(O)C(OC2OC(CO)C(O)C(O)C2O)C1O)C3. The summed E-state index contributed by atoms with van der Waals surface area (Å²) >= 11 is 0. The number of fused-ring (bicyclic) bond motifs is 3. The van der Waals surface area contributed by atoms with Gasteiger partial charge in [0.1, 0.15) is 48.8 Å². The van der Waals surface area contributed by atoms with Crippen molar-refractivity contribution >= 4 is 0 Å². The fourth-order valence-corrected chi connectivity index (χ4v) is 10.3. The van der Waals surface area contributed by atoms with E-state index in [0.29, 0.717) is 11.3 Å². The second kappa shape index (κ2) is 11.3. The Balaban J connectivity index is 1.21. The predicted molar refractivity (Wildman–Crippen MR) is 148 cm³/mol. The van der Waals surface area contributed by atoms with Gasteiger partial charge in [0.25, 0.3) is 0 Å². The minimum Gasteiger partial charge on any atom is -0.394 e. The van der Waals surface area contributed by atoms with Crippen molar-refractivity contribution in [2.75, 3.05) is 13.2 Å². The zero-order valence-electron chi connectivity index (χ0n) is 24.8. The molecular weight excluding hydrogens is 548 g/mol. The molecule has 6 fully saturated rings. The molecule has 0 aromatic heterocycles. The lowest BCUT2D eigenvalue weighted by Crippen LogP contribution is -2.65. The molecule has 42 heavy (non-hydrogen) atoms. The molecule has 2 aliphatic heterocycles. The van der Waals surface area contributed by atoms with E-state index in [1.54, 1.807) is 0 Å². The van der Waals surface area contributed by atoms with Gasteiger partial charge in [-0.15, -0.1) is 0 Å². The molecule has 6 aliphatic rings. The second-order valence-corrected chi connectivity index (χ2v) is 14.5. The first kappa shape index (κ1) is 31.3. The summed E-state index contributed by atoms with van der Waals surface area (Å²) in [5.41, 5.74) is 0.648. The quantitative estimate of drug-likeness (QED) is 0.166. The molecule has 0 radical (unpaired) electrons. The summed E-state index contributed by atoms with van der Waals surface area (Å²) in [6.45, 7) is 8.17. The maximum Gasteiger partial charge on any atom is 0.187 e. The van der Waals surface area contributed by atoms with Crippen LogP contribution in [0.3, 0.4) is 0 Å². The number of aliphatic hydroxyl groups is 7. The Morgan fingerprint density at radius 1 is 0.833 bits per heavy atom. The summed E-state index contributed by atoms with van der Waals surface area (Å²) in [7, 11) is 0. The van der Waals surface area contributed by atoms with E-state index in [1.807, 2.05) is 0 Å². The lowest BCUT2D eigenvalue weighted by Gasteiger charge is -2.62. The summed E-state index contributed by atoms with van der Waals surface area (Å²) in [6.07, 6.45) is -5.17. The van der Waals surface area contributed by atoms with E-state index in [9.17, 15) is 35.7 Å². The summed E-state index contributed by atoms with van der Waals surface area (Å²) in [4.78, 5) is 0. The van der Waals surface area contributed by atoms with Crippen LogP contribution in [0.4, 0.5) is 0 Å². The van der Waals surface area contributed by atoms with Gasteiger partial charge >= 0.3 is 0 Å². The lowest BCUT2D eigenvalue weighted by atomic mass is 9.43. The molecule has 11 heteroatoms. The zero-order valence-corrected chi connectivity index (χ0v) is 24.8. The molecule has 2 bridgehead atoms. The average molecular weight is 599 g/mol. The fourth-order valence-electron chi connectivity index (χ4n) is 10.3. The van der Waals surface area contributed by atoms with Gasteiger partial charge in [0.2, 0.25) is 0 Å². The molecule has 240 valence electrons. The van der Waals surface area contributed by atoms with Crippen LogP contribution in [-0.2, 0) is 18.9 Å². The highest BCUT2D eigenvalue weighted by Gasteiger charge is 2.66. The first-order valence-electron chi connectivity index (χ1n) is 15.8. The molecule has 0 aromatic rings. The van der Waals surface area contributed by atoms with Crippen LogP contribution in [0.5, 0.6) is 0 Å². The van der Waals surface area contributed by atoms with Crippen molar-refractivity contribution in [3.8, 4) is 0 Å². The van der Waals surface area contributed by atoms with Gasteiger partial charge in [0.05, 0.1) is 18.8 Å². The largest absolute Gasteiger partial charge is 0.394 e. The van der Waals surface area contributed by atoms with Crippen molar-refractivity contribution in [3.05, 3.63) is 12.2 Å². The molecule has 11 nitrogen and oxygen atoms in total. The Morgan fingerprint density at radius 2 is 1.52 bits per heavy atom. The van der Waals surface area contributed by atoms with E-state index in [2.05, 4.69) is 20.4 Å². The lowest BCUT2D eigenvalue weighted by molar-refractivity contribution is -0.369. The van der Waals surface area contributed by atoms with Gasteiger partial charge in [-0.3, -0.25) is 0 Å². The first-order valence-corrected chi connectivity index (χ1v) is 15.8. The van der Waals surface area contributed by atoms with Crippen molar-refractivity contribution in [1.29, 1.82) is 0 Å². The number of hydrogen-bond acceptors (Lipinski definition) is 11. The highest BCUT2D eigenvalue weighted by molar-refractivity contribution is 5.30. The van der Waals surface area contributed by atoms with Gasteiger partial charge in [0.15, 0.2) is 12.6 Å². The molecule has 0 aromatic carbocycles. The Bertz CT molecular complexity index is 1010. The molecular formula is C31H50O11. The Morgan fingerprint density at radius 3 is 2.24 bits per heavy atom. The van der Waals surface area contributed by atoms with Crippen LogP contribution >= 0.6 is 0 Å². The third-order valence-electron chi connectivity index (χ3n) is 12.4. The molecule has 7 N–H and O–H groups in total. The maximum absolute atomic E-state index is 11.4. The van der Waals surface area contributed by atoms with Gasteiger partial charge in [0, 0.05) is 0 Å². The minimum atomic E-state index is -1.72. The Hall–Kier alpha value is -0.700. The van der Waals surface area contributed by atoms with Gasteiger partial charge in [-0.1, -0.05) is 33.3 Å². The Kier molecular flexibility index (Phi) is 8.40. The topological polar surface area (TPSA) is 179 Å². The van der Waals surface area contributed by atoms with Crippen molar-refractivity contribution < 1.29 is 54.7 Å². The van der Waals surface area contributed by atoms with Crippen molar-refractivity contribution in [1.82, 2.24) is 0 Å². The molecule has 2 heterocycles. The summed E-state index contributed by atoms with van der Waals surface area (Å²) in [5, 5.41) is 72.7. The van der Waals surface area contributed by atoms with E-state index in [-0.39, 0.29) is 5.41 Å². The smallest absolute Gasteiger partial charge is 0.187 e.